The van der Waals surface area contributed by atoms with Crippen molar-refractivity contribution in [1.82, 2.24) is 4.90 Å². The minimum absolute atomic E-state index is 0.0672. The van der Waals surface area contributed by atoms with Gasteiger partial charge in [-0.1, -0.05) is 62.7 Å². The number of likely N-dealkylation sites (tertiary alicyclic amines) is 1. The molecule has 3 nitrogen and oxygen atoms in total. The maximum absolute atomic E-state index is 6.38. The van der Waals surface area contributed by atoms with Gasteiger partial charge in [0.05, 0.1) is 13.7 Å². The summed E-state index contributed by atoms with van der Waals surface area (Å²) in [6.07, 6.45) is 11.0. The van der Waals surface area contributed by atoms with Crippen LogP contribution in [0.15, 0.2) is 59.4 Å². The first-order valence-electron chi connectivity index (χ1n) is 11.0. The van der Waals surface area contributed by atoms with Gasteiger partial charge in [-0.2, -0.15) is 0 Å². The van der Waals surface area contributed by atoms with Crippen molar-refractivity contribution in [3.63, 3.8) is 0 Å². The number of methoxy groups -OCH3 is 1. The Labute approximate surface area is 194 Å². The average Bonchev–Trinajstić information content (AvgIpc) is 2.73. The Morgan fingerprint density at radius 1 is 1.07 bits per heavy atom. The molecule has 5 heteroatoms. The highest BCUT2D eigenvalue weighted by molar-refractivity contribution is 6.34. The van der Waals surface area contributed by atoms with Crippen LogP contribution in [0.4, 0.5) is 0 Å². The fraction of sp³-hybridized carbons (Fsp3) is 0.600. The molecule has 0 aromatic rings. The van der Waals surface area contributed by atoms with Gasteiger partial charge >= 0.3 is 0 Å². The van der Waals surface area contributed by atoms with E-state index in [4.69, 9.17) is 32.7 Å². The van der Waals surface area contributed by atoms with E-state index in [0.717, 1.165) is 43.8 Å². The minimum atomic E-state index is -0.162. The zero-order valence-electron chi connectivity index (χ0n) is 19.0. The van der Waals surface area contributed by atoms with Gasteiger partial charge in [-0.25, -0.2) is 0 Å². The quantitative estimate of drug-likeness (QED) is 0.159. The third-order valence-corrected chi connectivity index (χ3v) is 6.12. The number of rotatable bonds is 14. The molecule has 3 atom stereocenters. The highest BCUT2D eigenvalue weighted by Crippen LogP contribution is 2.25. The molecular formula is C25H39Cl2NO2. The van der Waals surface area contributed by atoms with E-state index in [0.29, 0.717) is 16.7 Å². The first-order valence-corrected chi connectivity index (χ1v) is 11.7. The van der Waals surface area contributed by atoms with E-state index in [-0.39, 0.29) is 17.9 Å². The van der Waals surface area contributed by atoms with Crippen LogP contribution < -0.4 is 0 Å². The third kappa shape index (κ3) is 9.43. The fourth-order valence-corrected chi connectivity index (χ4v) is 4.15. The number of nitrogens with zero attached hydrogens (tertiary/aromatic N) is 1. The summed E-state index contributed by atoms with van der Waals surface area (Å²) in [6.45, 7) is 19.9. The molecule has 0 aliphatic carbocycles. The molecule has 1 aliphatic rings. The maximum Gasteiger partial charge on any atom is 0.125 e. The average molecular weight is 456 g/mol. The normalized spacial score (nSPS) is 19.1. The Morgan fingerprint density at radius 2 is 1.73 bits per heavy atom. The lowest BCUT2D eigenvalue weighted by Gasteiger charge is -2.30. The predicted octanol–water partition coefficient (Wildman–Crippen LogP) is 7.06. The zero-order chi connectivity index (χ0) is 22.5. The molecule has 0 saturated carbocycles. The van der Waals surface area contributed by atoms with Crippen LogP contribution in [0.2, 0.25) is 0 Å². The van der Waals surface area contributed by atoms with Crippen LogP contribution in [0.5, 0.6) is 0 Å². The van der Waals surface area contributed by atoms with Gasteiger partial charge in [-0.3, -0.25) is 0 Å². The standard InChI is InChI=1S/C25H39Cl2NO2/c1-7-21(17-28-13-11-10-12-14-28)19(4)15-25(29-6)24(9-3)30-18-22(8-2)23(27)16-20(5)26/h7,15-16,21-22,24H,1,4-5,8-14,17-18H2,2-3,6H3/b23-16+,25-15+. The summed E-state index contributed by atoms with van der Waals surface area (Å²) in [5.41, 5.74) is 0.998. The summed E-state index contributed by atoms with van der Waals surface area (Å²) in [5.74, 6) is 1.04. The summed E-state index contributed by atoms with van der Waals surface area (Å²) in [6, 6.07) is 0. The SMILES string of the molecule is C=CC(CN1CCCCC1)C(=C)/C=C(/OC)C(CC)OCC(CC)/C(Cl)=C\C(=C)Cl. The van der Waals surface area contributed by atoms with Crippen LogP contribution >= 0.6 is 23.2 Å². The van der Waals surface area contributed by atoms with Crippen LogP contribution in [-0.4, -0.2) is 44.4 Å². The van der Waals surface area contributed by atoms with E-state index in [2.05, 4.69) is 38.5 Å². The molecule has 170 valence electrons. The lowest BCUT2D eigenvalue weighted by Crippen LogP contribution is -2.34. The van der Waals surface area contributed by atoms with Crippen molar-refractivity contribution < 1.29 is 9.47 Å². The lowest BCUT2D eigenvalue weighted by atomic mass is 9.97. The number of piperidine rings is 1. The van der Waals surface area contributed by atoms with Gasteiger partial charge < -0.3 is 14.4 Å². The number of halogens is 2. The summed E-state index contributed by atoms with van der Waals surface area (Å²) < 4.78 is 11.9. The predicted molar refractivity (Wildman–Crippen MR) is 131 cm³/mol. The van der Waals surface area contributed by atoms with Gasteiger partial charge in [0.1, 0.15) is 11.9 Å². The van der Waals surface area contributed by atoms with Crippen molar-refractivity contribution in [3.8, 4) is 0 Å². The van der Waals surface area contributed by atoms with Crippen LogP contribution in [0.3, 0.4) is 0 Å². The molecule has 0 bridgehead atoms. The van der Waals surface area contributed by atoms with Crippen molar-refractivity contribution >= 4 is 23.2 Å². The van der Waals surface area contributed by atoms with Crippen molar-refractivity contribution in [1.29, 1.82) is 0 Å². The van der Waals surface area contributed by atoms with E-state index in [1.54, 1.807) is 13.2 Å². The Bertz CT molecular complexity index is 621. The molecule has 1 rings (SSSR count). The monoisotopic (exact) mass is 455 g/mol. The van der Waals surface area contributed by atoms with Crippen molar-refractivity contribution in [3.05, 3.63) is 59.4 Å². The molecule has 0 aromatic heterocycles. The molecule has 1 heterocycles. The van der Waals surface area contributed by atoms with Gasteiger partial charge in [0.25, 0.3) is 0 Å². The maximum atomic E-state index is 6.38. The molecule has 3 unspecified atom stereocenters. The van der Waals surface area contributed by atoms with E-state index in [1.807, 2.05) is 12.2 Å². The van der Waals surface area contributed by atoms with Gasteiger partial charge in [-0.15, -0.1) is 6.58 Å². The molecule has 30 heavy (non-hydrogen) atoms. The topological polar surface area (TPSA) is 21.7 Å². The Hall–Kier alpha value is -1.000. The second-order valence-electron chi connectivity index (χ2n) is 7.84. The Balaban J connectivity index is 2.80. The van der Waals surface area contributed by atoms with Gasteiger partial charge in [0.2, 0.25) is 0 Å². The van der Waals surface area contributed by atoms with E-state index >= 15 is 0 Å². The lowest BCUT2D eigenvalue weighted by molar-refractivity contribution is 0.0234. The fourth-order valence-electron chi connectivity index (χ4n) is 3.63. The molecule has 1 aliphatic heterocycles. The van der Waals surface area contributed by atoms with Crippen molar-refractivity contribution in [2.45, 2.75) is 52.1 Å². The number of hydrogen-bond acceptors (Lipinski definition) is 3. The number of ether oxygens (including phenoxy) is 2. The summed E-state index contributed by atoms with van der Waals surface area (Å²) in [5, 5.41) is 1.08. The Morgan fingerprint density at radius 3 is 2.23 bits per heavy atom. The van der Waals surface area contributed by atoms with E-state index in [1.165, 1.54) is 19.3 Å². The van der Waals surface area contributed by atoms with Crippen LogP contribution in [0.1, 0.15) is 46.0 Å². The smallest absolute Gasteiger partial charge is 0.125 e. The van der Waals surface area contributed by atoms with Crippen LogP contribution in [0, 0.1) is 11.8 Å². The second-order valence-corrected chi connectivity index (χ2v) is 8.76. The highest BCUT2D eigenvalue weighted by Gasteiger charge is 2.21. The number of hydrogen-bond donors (Lipinski definition) is 0. The summed E-state index contributed by atoms with van der Waals surface area (Å²) in [4.78, 5) is 2.50. The van der Waals surface area contributed by atoms with Crippen LogP contribution in [-0.2, 0) is 9.47 Å². The highest BCUT2D eigenvalue weighted by atomic mass is 35.5. The second kappa shape index (κ2) is 14.9. The molecule has 0 spiro atoms. The van der Waals surface area contributed by atoms with Gasteiger partial charge in [0.15, 0.2) is 0 Å². The molecule has 0 N–H and O–H groups in total. The van der Waals surface area contributed by atoms with Crippen molar-refractivity contribution in [2.75, 3.05) is 33.4 Å². The molecule has 1 fully saturated rings. The molecule has 1 saturated heterocycles. The molecule has 0 radical (unpaired) electrons. The first kappa shape index (κ1) is 27.0. The molecule has 0 aromatic carbocycles. The molecule has 0 amide bonds. The van der Waals surface area contributed by atoms with Gasteiger partial charge in [-0.05, 0) is 56.5 Å². The summed E-state index contributed by atoms with van der Waals surface area (Å²) in [7, 11) is 1.68. The number of allylic oxidation sites excluding steroid dienone is 3. The van der Waals surface area contributed by atoms with Crippen LogP contribution in [0.25, 0.3) is 0 Å². The summed E-state index contributed by atoms with van der Waals surface area (Å²) >= 11 is 12.2. The third-order valence-electron chi connectivity index (χ3n) is 5.59. The zero-order valence-corrected chi connectivity index (χ0v) is 20.5. The van der Waals surface area contributed by atoms with Crippen molar-refractivity contribution in [2.24, 2.45) is 11.8 Å². The Kier molecular flexibility index (Phi) is 13.4. The molecular weight excluding hydrogens is 417 g/mol. The minimum Gasteiger partial charge on any atom is -0.498 e. The largest absolute Gasteiger partial charge is 0.498 e. The van der Waals surface area contributed by atoms with E-state index in [9.17, 15) is 0 Å². The van der Waals surface area contributed by atoms with E-state index < -0.39 is 0 Å². The van der Waals surface area contributed by atoms with Gasteiger partial charge in [0, 0.05) is 28.4 Å². The first-order chi connectivity index (χ1) is 14.4.